The van der Waals surface area contributed by atoms with E-state index in [1.807, 2.05) is 67.6 Å². The van der Waals surface area contributed by atoms with Crippen LogP contribution in [-0.2, 0) is 34.0 Å². The van der Waals surface area contributed by atoms with Gasteiger partial charge in [-0.05, 0) is 43.2 Å². The number of nitrogens with zero attached hydrogens (tertiary/aromatic N) is 2. The fourth-order valence-electron chi connectivity index (χ4n) is 6.43. The van der Waals surface area contributed by atoms with Crippen LogP contribution in [0.5, 0.6) is 0 Å². The number of ether oxygens (including phenoxy) is 2. The maximum atomic E-state index is 13.8. The van der Waals surface area contributed by atoms with Crippen molar-refractivity contribution in [1.82, 2.24) is 25.7 Å². The van der Waals surface area contributed by atoms with Gasteiger partial charge in [0.05, 0.1) is 37.5 Å². The SMILES string of the molecule is CCCCNC(=O)Nc1cc(C(=O)N[C@H]2CCCC[C@@H]2OCc2ccccc2)n(CC(=O)N[C@H]2CCCC[C@@H]2OCc2ccccc2)n1. The van der Waals surface area contributed by atoms with E-state index < -0.39 is 6.03 Å². The van der Waals surface area contributed by atoms with Crippen LogP contribution in [0.4, 0.5) is 10.6 Å². The Bertz CT molecular complexity index is 1450. The first-order chi connectivity index (χ1) is 23.5. The number of benzene rings is 2. The molecule has 5 rings (SSSR count). The predicted molar refractivity (Wildman–Crippen MR) is 184 cm³/mol. The number of urea groups is 1. The van der Waals surface area contributed by atoms with E-state index in [1.54, 1.807) is 0 Å². The molecule has 1 heterocycles. The molecule has 4 N–H and O–H groups in total. The Balaban J connectivity index is 1.25. The third-order valence-electron chi connectivity index (χ3n) is 9.05. The second-order valence-corrected chi connectivity index (χ2v) is 12.8. The van der Waals surface area contributed by atoms with Crippen LogP contribution >= 0.6 is 0 Å². The quantitative estimate of drug-likeness (QED) is 0.155. The molecule has 11 heteroatoms. The van der Waals surface area contributed by atoms with Gasteiger partial charge < -0.3 is 25.4 Å². The zero-order valence-corrected chi connectivity index (χ0v) is 28.0. The largest absolute Gasteiger partial charge is 0.371 e. The molecule has 0 spiro atoms. The Morgan fingerprint density at radius 2 is 1.35 bits per heavy atom. The molecular weight excluding hydrogens is 608 g/mol. The lowest BCUT2D eigenvalue weighted by molar-refractivity contribution is -0.124. The molecule has 11 nitrogen and oxygen atoms in total. The molecule has 0 unspecified atom stereocenters. The molecule has 2 aliphatic rings. The van der Waals surface area contributed by atoms with Crippen molar-refractivity contribution in [3.05, 3.63) is 83.6 Å². The van der Waals surface area contributed by atoms with Crippen LogP contribution < -0.4 is 21.3 Å². The number of hydrogen-bond acceptors (Lipinski definition) is 6. The minimum atomic E-state index is -0.410. The van der Waals surface area contributed by atoms with Gasteiger partial charge in [0.2, 0.25) is 5.91 Å². The standard InChI is InChI=1S/C37H50N6O5/c1-2-3-22-38-37(46)41-34-23-31(36(45)40-30-19-11-13-21-33(30)48-26-28-16-8-5-9-17-28)43(42-34)24-35(44)39-29-18-10-12-20-32(29)47-25-27-14-6-4-7-15-27/h4-9,14-17,23,29-30,32-33H,2-3,10-13,18-22,24-26H2,1H3,(H,39,44)(H,40,45)(H2,38,41,42,46)/t29-,30-,32-,33-/m0/s1. The van der Waals surface area contributed by atoms with Crippen molar-refractivity contribution in [3.8, 4) is 0 Å². The van der Waals surface area contributed by atoms with E-state index in [1.165, 1.54) is 10.7 Å². The predicted octanol–water partition coefficient (Wildman–Crippen LogP) is 5.71. The van der Waals surface area contributed by atoms with E-state index in [9.17, 15) is 14.4 Å². The number of nitrogens with one attached hydrogen (secondary N) is 4. The smallest absolute Gasteiger partial charge is 0.320 e. The summed E-state index contributed by atoms with van der Waals surface area (Å²) in [5, 5.41) is 16.3. The number of unbranched alkanes of at least 4 members (excludes halogenated alkanes) is 1. The monoisotopic (exact) mass is 658 g/mol. The highest BCUT2D eigenvalue weighted by atomic mass is 16.5. The lowest BCUT2D eigenvalue weighted by atomic mass is 9.92. The van der Waals surface area contributed by atoms with Crippen LogP contribution in [-0.4, -0.2) is 58.5 Å². The highest BCUT2D eigenvalue weighted by Crippen LogP contribution is 2.24. The highest BCUT2D eigenvalue weighted by molar-refractivity contribution is 5.96. The molecule has 0 bridgehead atoms. The first-order valence-corrected chi connectivity index (χ1v) is 17.5. The van der Waals surface area contributed by atoms with Gasteiger partial charge in [-0.15, -0.1) is 0 Å². The van der Waals surface area contributed by atoms with Crippen LogP contribution in [0.3, 0.4) is 0 Å². The second-order valence-electron chi connectivity index (χ2n) is 12.8. The minimum absolute atomic E-state index is 0.105. The second kappa shape index (κ2) is 18.4. The normalized spacial score (nSPS) is 20.9. The molecule has 2 aromatic carbocycles. The minimum Gasteiger partial charge on any atom is -0.371 e. The molecule has 0 aliphatic heterocycles. The lowest BCUT2D eigenvalue weighted by Crippen LogP contribution is -2.48. The number of aromatic nitrogens is 2. The Morgan fingerprint density at radius 1 is 0.792 bits per heavy atom. The van der Waals surface area contributed by atoms with E-state index in [0.29, 0.717) is 19.8 Å². The van der Waals surface area contributed by atoms with Gasteiger partial charge in [-0.2, -0.15) is 5.10 Å². The first-order valence-electron chi connectivity index (χ1n) is 17.5. The summed E-state index contributed by atoms with van der Waals surface area (Å²) < 4.78 is 13.9. The van der Waals surface area contributed by atoms with Gasteiger partial charge in [0.25, 0.3) is 5.91 Å². The van der Waals surface area contributed by atoms with Crippen molar-refractivity contribution >= 4 is 23.7 Å². The van der Waals surface area contributed by atoms with Gasteiger partial charge in [0.1, 0.15) is 12.2 Å². The Morgan fingerprint density at radius 3 is 1.94 bits per heavy atom. The van der Waals surface area contributed by atoms with Crippen LogP contribution in [0, 0.1) is 0 Å². The molecule has 1 aromatic heterocycles. The van der Waals surface area contributed by atoms with Gasteiger partial charge in [0.15, 0.2) is 5.82 Å². The average molecular weight is 659 g/mol. The molecule has 48 heavy (non-hydrogen) atoms. The summed E-state index contributed by atoms with van der Waals surface area (Å²) in [5.41, 5.74) is 2.36. The summed E-state index contributed by atoms with van der Waals surface area (Å²) in [6.45, 7) is 3.34. The van der Waals surface area contributed by atoms with Crippen LogP contribution in [0.25, 0.3) is 0 Å². The maximum absolute atomic E-state index is 13.8. The zero-order chi connectivity index (χ0) is 33.6. The molecule has 4 amide bonds. The summed E-state index contributed by atoms with van der Waals surface area (Å²) in [6.07, 6.45) is 8.93. The molecular formula is C37H50N6O5. The summed E-state index contributed by atoms with van der Waals surface area (Å²) in [7, 11) is 0. The number of rotatable bonds is 15. The molecule has 4 atom stereocenters. The third kappa shape index (κ3) is 10.6. The summed E-state index contributed by atoms with van der Waals surface area (Å²) in [4.78, 5) is 39.8. The molecule has 3 aromatic rings. The van der Waals surface area contributed by atoms with E-state index >= 15 is 0 Å². The number of hydrogen-bond donors (Lipinski definition) is 4. The summed E-state index contributed by atoms with van der Waals surface area (Å²) >= 11 is 0. The number of amides is 4. The fraction of sp³-hybridized carbons (Fsp3) is 0.514. The highest BCUT2D eigenvalue weighted by Gasteiger charge is 2.31. The zero-order valence-electron chi connectivity index (χ0n) is 28.0. The Kier molecular flexibility index (Phi) is 13.4. The van der Waals surface area contributed by atoms with E-state index in [0.717, 1.165) is 75.3 Å². The van der Waals surface area contributed by atoms with Crippen molar-refractivity contribution in [2.45, 2.75) is 115 Å². The van der Waals surface area contributed by atoms with Crippen LogP contribution in [0.1, 0.15) is 92.7 Å². The van der Waals surface area contributed by atoms with Gasteiger partial charge in [-0.25, -0.2) is 9.48 Å². The molecule has 2 aliphatic carbocycles. The summed E-state index contributed by atoms with van der Waals surface area (Å²) in [5.74, 6) is -0.436. The third-order valence-corrected chi connectivity index (χ3v) is 9.05. The van der Waals surface area contributed by atoms with Gasteiger partial charge in [-0.1, -0.05) is 99.7 Å². The number of anilines is 1. The maximum Gasteiger partial charge on any atom is 0.320 e. The lowest BCUT2D eigenvalue weighted by Gasteiger charge is -2.32. The van der Waals surface area contributed by atoms with Crippen molar-refractivity contribution in [3.63, 3.8) is 0 Å². The van der Waals surface area contributed by atoms with Crippen molar-refractivity contribution in [1.29, 1.82) is 0 Å². The number of carbonyl (C=O) groups excluding carboxylic acids is 3. The fourth-order valence-corrected chi connectivity index (χ4v) is 6.43. The average Bonchev–Trinajstić information content (AvgIpc) is 3.50. The number of carbonyl (C=O) groups is 3. The first kappa shape index (κ1) is 35.1. The van der Waals surface area contributed by atoms with Crippen molar-refractivity contribution in [2.24, 2.45) is 0 Å². The topological polar surface area (TPSA) is 136 Å². The van der Waals surface area contributed by atoms with Crippen molar-refractivity contribution < 1.29 is 23.9 Å². The molecule has 258 valence electrons. The summed E-state index contributed by atoms with van der Waals surface area (Å²) in [6, 6.07) is 20.8. The molecule has 2 saturated carbocycles. The Labute approximate surface area is 283 Å². The van der Waals surface area contributed by atoms with Crippen LogP contribution in [0.2, 0.25) is 0 Å². The molecule has 0 radical (unpaired) electrons. The van der Waals surface area contributed by atoms with E-state index in [-0.39, 0.29) is 54.2 Å². The van der Waals surface area contributed by atoms with Crippen molar-refractivity contribution in [2.75, 3.05) is 11.9 Å². The van der Waals surface area contributed by atoms with Crippen LogP contribution in [0.15, 0.2) is 66.7 Å². The molecule has 0 saturated heterocycles. The van der Waals surface area contributed by atoms with Gasteiger partial charge in [0, 0.05) is 12.6 Å². The van der Waals surface area contributed by atoms with Gasteiger partial charge in [-0.3, -0.25) is 14.9 Å². The van der Waals surface area contributed by atoms with E-state index in [2.05, 4.69) is 26.4 Å². The Hall–Kier alpha value is -4.22. The van der Waals surface area contributed by atoms with Gasteiger partial charge >= 0.3 is 6.03 Å². The molecule has 2 fully saturated rings. The van der Waals surface area contributed by atoms with E-state index in [4.69, 9.17) is 9.47 Å².